The minimum Gasteiger partial charge on any atom is -1.00 e. The van der Waals surface area contributed by atoms with Crippen LogP contribution in [-0.4, -0.2) is 8.07 Å². The van der Waals surface area contributed by atoms with Crippen molar-refractivity contribution in [2.75, 3.05) is 0 Å². The molecule has 0 saturated heterocycles. The maximum absolute atomic E-state index is 2.65. The third-order valence-electron chi connectivity index (χ3n) is 7.32. The van der Waals surface area contributed by atoms with E-state index in [1.54, 1.807) is 27.1 Å². The molecule has 0 N–H and O–H groups in total. The molecule has 2 aromatic rings. The molecule has 5 heteroatoms. The van der Waals surface area contributed by atoms with Crippen molar-refractivity contribution in [3.63, 3.8) is 0 Å². The van der Waals surface area contributed by atoms with E-state index in [1.165, 1.54) is 45.0 Å². The van der Waals surface area contributed by atoms with Crippen molar-refractivity contribution in [2.45, 2.75) is 73.4 Å². The molecule has 1 atom stereocenters. The zero-order chi connectivity index (χ0) is 21.3. The smallest absolute Gasteiger partial charge is 1.00 e. The van der Waals surface area contributed by atoms with Gasteiger partial charge in [0.15, 0.2) is 0 Å². The third-order valence-corrected chi connectivity index (χ3v) is 12.9. The first kappa shape index (κ1) is 31.7. The van der Waals surface area contributed by atoms with Gasteiger partial charge in [-0.1, -0.05) is 0 Å². The number of benzene rings is 2. The average Bonchev–Trinajstić information content (AvgIpc) is 3.12. The summed E-state index contributed by atoms with van der Waals surface area (Å²) in [6.45, 7) is 16.7. The minimum atomic E-state index is -1.87. The Bertz CT molecular complexity index is 967. The van der Waals surface area contributed by atoms with Crippen molar-refractivity contribution in [1.29, 1.82) is 0 Å². The Morgan fingerprint density at radius 2 is 1.31 bits per heavy atom. The predicted octanol–water partition coefficient (Wildman–Crippen LogP) is -1.85. The van der Waals surface area contributed by atoms with E-state index in [0.717, 1.165) is 6.42 Å². The predicted molar refractivity (Wildman–Crippen MR) is 127 cm³/mol. The van der Waals surface area contributed by atoms with Crippen molar-refractivity contribution in [3.8, 4) is 0 Å². The molecular weight excluding hydrogens is 507 g/mol. The zero-order valence-corrected chi connectivity index (χ0v) is 25.3. The van der Waals surface area contributed by atoms with Gasteiger partial charge in [0.05, 0.1) is 0 Å². The maximum atomic E-state index is 2.65. The van der Waals surface area contributed by atoms with Gasteiger partial charge in [-0.15, -0.1) is 0 Å². The Kier molecular flexibility index (Phi) is 12.9. The van der Waals surface area contributed by atoms with Crippen LogP contribution in [0.1, 0.15) is 59.6 Å². The van der Waals surface area contributed by atoms with Gasteiger partial charge < -0.3 is 37.2 Å². The second-order valence-electron chi connectivity index (χ2n) is 8.98. The molecule has 0 radical (unpaired) electrons. The number of hydrogen-bond acceptors (Lipinski definition) is 0. The van der Waals surface area contributed by atoms with Crippen LogP contribution in [-0.2, 0) is 20.4 Å². The molecule has 1 aliphatic rings. The fourth-order valence-corrected chi connectivity index (χ4v) is 11.3. The molecule has 0 fully saturated rings. The van der Waals surface area contributed by atoms with Crippen molar-refractivity contribution in [2.24, 2.45) is 0 Å². The van der Waals surface area contributed by atoms with Gasteiger partial charge in [0.2, 0.25) is 0 Å². The van der Waals surface area contributed by atoms with Crippen LogP contribution in [0, 0.1) is 34.6 Å². The summed E-state index contributed by atoms with van der Waals surface area (Å²) in [6, 6.07) is 12.4. The number of halogens is 3. The Hall–Kier alpha value is -0.279. The quantitative estimate of drug-likeness (QED) is 0.377. The topological polar surface area (TPSA) is 0 Å². The minimum absolute atomic E-state index is 0. The van der Waals surface area contributed by atoms with Crippen molar-refractivity contribution in [1.82, 2.24) is 0 Å². The van der Waals surface area contributed by atoms with Crippen LogP contribution in [0.5, 0.6) is 0 Å². The molecule has 0 spiro atoms. The van der Waals surface area contributed by atoms with E-state index >= 15 is 0 Å². The maximum Gasteiger partial charge on any atom is -1.00 e. The first-order valence-electron chi connectivity index (χ1n) is 11.0. The number of unbranched alkanes of at least 4 members (excludes halogenated alkanes) is 1. The second-order valence-corrected chi connectivity index (χ2v) is 14.1. The second kappa shape index (κ2) is 13.0. The summed E-state index contributed by atoms with van der Waals surface area (Å²) >= 11 is 2.34. The van der Waals surface area contributed by atoms with Gasteiger partial charge in [-0.2, -0.15) is 0 Å². The molecule has 3 rings (SSSR count). The molecule has 0 nitrogen and oxygen atoms in total. The van der Waals surface area contributed by atoms with Crippen molar-refractivity contribution < 1.29 is 57.7 Å². The molecule has 0 bridgehead atoms. The van der Waals surface area contributed by atoms with Crippen molar-refractivity contribution in [3.05, 3.63) is 78.9 Å². The zero-order valence-electron chi connectivity index (χ0n) is 20.4. The van der Waals surface area contributed by atoms with Crippen LogP contribution >= 0.6 is 0 Å². The molecule has 0 heterocycles. The van der Waals surface area contributed by atoms with Gasteiger partial charge in [-0.05, 0) is 0 Å². The molecule has 0 aliphatic heterocycles. The monoisotopic (exact) mass is 540 g/mol. The van der Waals surface area contributed by atoms with E-state index in [-0.39, 0.29) is 37.2 Å². The standard InChI is InChI=1S/C27H35Si.3ClH.Ti/c1-8-9-18-28(7,27-22(5)20(3)19(2)21(4)23(27)6)26-17-13-16-25(26)24-14-11-10-12-15-24;;;;/h10-12,14-15,17H,8-9,13,18H2,1-7H3;3*1H;/q;;;;+3/p-3. The summed E-state index contributed by atoms with van der Waals surface area (Å²) in [5, 5.41) is 3.39. The van der Waals surface area contributed by atoms with E-state index < -0.39 is 8.07 Å². The molecule has 0 amide bonds. The van der Waals surface area contributed by atoms with E-state index in [0.29, 0.717) is 0 Å². The van der Waals surface area contributed by atoms with Gasteiger partial charge in [0.25, 0.3) is 0 Å². The molecule has 32 heavy (non-hydrogen) atoms. The number of rotatable bonds is 6. The van der Waals surface area contributed by atoms with Gasteiger partial charge >= 0.3 is 192 Å². The summed E-state index contributed by atoms with van der Waals surface area (Å²) in [6.07, 6.45) is 6.27. The molecule has 0 aromatic heterocycles. The normalized spacial score (nSPS) is 14.7. The van der Waals surface area contributed by atoms with Crippen LogP contribution in [0.2, 0.25) is 12.6 Å². The van der Waals surface area contributed by atoms with E-state index in [1.807, 2.05) is 0 Å². The van der Waals surface area contributed by atoms with E-state index in [4.69, 9.17) is 0 Å². The fraction of sp³-hybridized carbons (Fsp3) is 0.407. The van der Waals surface area contributed by atoms with Crippen LogP contribution in [0.25, 0.3) is 5.57 Å². The Morgan fingerprint density at radius 3 is 1.81 bits per heavy atom. The van der Waals surface area contributed by atoms with Crippen LogP contribution in [0.4, 0.5) is 0 Å². The molecule has 172 valence electrons. The van der Waals surface area contributed by atoms with Crippen LogP contribution in [0.3, 0.4) is 0 Å². The van der Waals surface area contributed by atoms with E-state index in [9.17, 15) is 0 Å². The Balaban J connectivity index is 0.00000320. The summed E-state index contributed by atoms with van der Waals surface area (Å²) < 4.78 is 1.54. The molecule has 1 aliphatic carbocycles. The molecule has 1 unspecified atom stereocenters. The largest absolute Gasteiger partial charge is 1.00 e. The van der Waals surface area contributed by atoms with Crippen LogP contribution in [0.15, 0.2) is 45.5 Å². The van der Waals surface area contributed by atoms with Gasteiger partial charge in [0.1, 0.15) is 0 Å². The van der Waals surface area contributed by atoms with Gasteiger partial charge in [0, 0.05) is 0 Å². The van der Waals surface area contributed by atoms with Gasteiger partial charge in [-0.25, -0.2) is 0 Å². The molecule has 0 saturated carbocycles. The van der Waals surface area contributed by atoms with E-state index in [2.05, 4.69) is 105 Å². The molecular formula is C27H35Cl3SiTi. The van der Waals surface area contributed by atoms with Crippen LogP contribution < -0.4 is 42.4 Å². The first-order valence-corrected chi connectivity index (χ1v) is 14.5. The summed E-state index contributed by atoms with van der Waals surface area (Å²) in [5.74, 6) is 0. The summed E-state index contributed by atoms with van der Waals surface area (Å²) in [7, 11) is -1.87. The fourth-order valence-electron chi connectivity index (χ4n) is 5.26. The Labute approximate surface area is 227 Å². The number of allylic oxidation sites excluding steroid dienone is 4. The molecule has 2 aromatic carbocycles. The van der Waals surface area contributed by atoms with Gasteiger partial charge in [-0.3, -0.25) is 0 Å². The summed E-state index contributed by atoms with van der Waals surface area (Å²) in [4.78, 5) is 0. The van der Waals surface area contributed by atoms with Crippen molar-refractivity contribution >= 4 is 18.8 Å². The average molecular weight is 542 g/mol. The first-order chi connectivity index (χ1) is 13.7. The third kappa shape index (κ3) is 5.68. The SMILES string of the molecule is CCCC[Si](C)(C1=CC[C]([Ti+3])=C1c1ccccc1)c1c(C)c(C)c(C)c(C)c1C.[Cl-].[Cl-].[Cl-]. The number of hydrogen-bond donors (Lipinski definition) is 0. The Morgan fingerprint density at radius 1 is 0.812 bits per heavy atom. The summed E-state index contributed by atoms with van der Waals surface area (Å²) in [5.41, 5.74) is 10.5.